The summed E-state index contributed by atoms with van der Waals surface area (Å²) in [6.07, 6.45) is 6.69. The third kappa shape index (κ3) is 4.90. The Bertz CT molecular complexity index is 475. The quantitative estimate of drug-likeness (QED) is 0.819. The Hall–Kier alpha value is -1.78. The summed E-state index contributed by atoms with van der Waals surface area (Å²) in [4.78, 5) is 24.4. The lowest BCUT2D eigenvalue weighted by Crippen LogP contribution is -2.44. The van der Waals surface area contributed by atoms with Crippen molar-refractivity contribution in [2.75, 3.05) is 0 Å². The standard InChI is InChI=1S/C17H25NO4/c1-12(2)11-15(22-17(20)14-9-6-10-21-14)16(19)18-13-7-4-3-5-8-13/h6,9-10,12-13,15H,3-5,7-8,11H2,1-2H3,(H,18,19)/t15-/m1/s1. The minimum Gasteiger partial charge on any atom is -0.457 e. The van der Waals surface area contributed by atoms with Gasteiger partial charge in [0, 0.05) is 6.04 Å². The molecular formula is C17H25NO4. The van der Waals surface area contributed by atoms with Gasteiger partial charge in [0.05, 0.1) is 6.26 Å². The summed E-state index contributed by atoms with van der Waals surface area (Å²) in [5, 5.41) is 3.03. The van der Waals surface area contributed by atoms with Gasteiger partial charge in [-0.05, 0) is 37.3 Å². The van der Waals surface area contributed by atoms with E-state index in [4.69, 9.17) is 9.15 Å². The van der Waals surface area contributed by atoms with Gasteiger partial charge in [-0.1, -0.05) is 33.1 Å². The smallest absolute Gasteiger partial charge is 0.374 e. The first kappa shape index (κ1) is 16.6. The molecule has 0 aliphatic heterocycles. The van der Waals surface area contributed by atoms with Gasteiger partial charge in [-0.3, -0.25) is 4.79 Å². The second-order valence-corrected chi connectivity index (χ2v) is 6.34. The highest BCUT2D eigenvalue weighted by Crippen LogP contribution is 2.19. The molecule has 0 unspecified atom stereocenters. The SMILES string of the molecule is CC(C)C[C@@H](OC(=O)c1ccco1)C(=O)NC1CCCCC1. The molecule has 1 aromatic rings. The molecule has 1 aliphatic carbocycles. The molecule has 5 nitrogen and oxygen atoms in total. The number of rotatable bonds is 6. The zero-order valence-corrected chi connectivity index (χ0v) is 13.3. The van der Waals surface area contributed by atoms with Crippen molar-refractivity contribution in [3.05, 3.63) is 24.2 Å². The van der Waals surface area contributed by atoms with Crippen molar-refractivity contribution in [2.45, 2.75) is 64.5 Å². The van der Waals surface area contributed by atoms with Crippen LogP contribution in [0.15, 0.2) is 22.8 Å². The molecule has 0 radical (unpaired) electrons. The van der Waals surface area contributed by atoms with Crippen LogP contribution in [-0.2, 0) is 9.53 Å². The minimum atomic E-state index is -0.764. The van der Waals surface area contributed by atoms with Crippen LogP contribution in [0.3, 0.4) is 0 Å². The molecule has 0 saturated heterocycles. The fraction of sp³-hybridized carbons (Fsp3) is 0.647. The number of amides is 1. The molecule has 1 N–H and O–H groups in total. The predicted octanol–water partition coefficient (Wildman–Crippen LogP) is 3.30. The van der Waals surface area contributed by atoms with Gasteiger partial charge >= 0.3 is 5.97 Å². The van der Waals surface area contributed by atoms with Crippen molar-refractivity contribution < 1.29 is 18.7 Å². The van der Waals surface area contributed by atoms with Gasteiger partial charge in [0.25, 0.3) is 5.91 Å². The van der Waals surface area contributed by atoms with E-state index in [2.05, 4.69) is 5.32 Å². The predicted molar refractivity (Wildman–Crippen MR) is 82.4 cm³/mol. The molecule has 22 heavy (non-hydrogen) atoms. The van der Waals surface area contributed by atoms with Crippen LogP contribution in [0.4, 0.5) is 0 Å². The van der Waals surface area contributed by atoms with Crippen molar-refractivity contribution in [2.24, 2.45) is 5.92 Å². The average Bonchev–Trinajstić information content (AvgIpc) is 3.01. The lowest BCUT2D eigenvalue weighted by Gasteiger charge is -2.26. The van der Waals surface area contributed by atoms with E-state index in [0.29, 0.717) is 6.42 Å². The lowest BCUT2D eigenvalue weighted by molar-refractivity contribution is -0.131. The number of furan rings is 1. The Labute approximate surface area is 131 Å². The van der Waals surface area contributed by atoms with Crippen LogP contribution < -0.4 is 5.32 Å². The van der Waals surface area contributed by atoms with Crippen molar-refractivity contribution in [3.63, 3.8) is 0 Å². The fourth-order valence-electron chi connectivity index (χ4n) is 2.76. The third-order valence-corrected chi connectivity index (χ3v) is 3.90. The van der Waals surface area contributed by atoms with Crippen molar-refractivity contribution in [3.8, 4) is 0 Å². The van der Waals surface area contributed by atoms with E-state index in [1.807, 2.05) is 13.8 Å². The van der Waals surface area contributed by atoms with Gasteiger partial charge in [-0.15, -0.1) is 0 Å². The van der Waals surface area contributed by atoms with Crippen molar-refractivity contribution >= 4 is 11.9 Å². The monoisotopic (exact) mass is 307 g/mol. The fourth-order valence-corrected chi connectivity index (χ4v) is 2.76. The second kappa shape index (κ2) is 8.01. The maximum atomic E-state index is 12.4. The lowest BCUT2D eigenvalue weighted by atomic mass is 9.95. The molecular weight excluding hydrogens is 282 g/mol. The summed E-state index contributed by atoms with van der Waals surface area (Å²) in [6, 6.07) is 3.36. The van der Waals surface area contributed by atoms with Crippen LogP contribution in [0, 0.1) is 5.92 Å². The van der Waals surface area contributed by atoms with E-state index < -0.39 is 12.1 Å². The summed E-state index contributed by atoms with van der Waals surface area (Å²) in [5.74, 6) is -0.402. The average molecular weight is 307 g/mol. The highest BCUT2D eigenvalue weighted by Gasteiger charge is 2.27. The van der Waals surface area contributed by atoms with E-state index in [1.165, 1.54) is 18.8 Å². The Morgan fingerprint density at radius 2 is 2.05 bits per heavy atom. The van der Waals surface area contributed by atoms with Gasteiger partial charge in [-0.2, -0.15) is 0 Å². The zero-order valence-electron chi connectivity index (χ0n) is 13.3. The third-order valence-electron chi connectivity index (χ3n) is 3.90. The summed E-state index contributed by atoms with van der Waals surface area (Å²) in [7, 11) is 0. The molecule has 1 heterocycles. The summed E-state index contributed by atoms with van der Waals surface area (Å²) in [5.41, 5.74) is 0. The van der Waals surface area contributed by atoms with E-state index in [0.717, 1.165) is 25.7 Å². The van der Waals surface area contributed by atoms with Gasteiger partial charge in [0.2, 0.25) is 5.76 Å². The number of esters is 1. The second-order valence-electron chi connectivity index (χ2n) is 6.34. The van der Waals surface area contributed by atoms with Crippen LogP contribution in [0.5, 0.6) is 0 Å². The number of hydrogen-bond acceptors (Lipinski definition) is 4. The molecule has 122 valence electrons. The van der Waals surface area contributed by atoms with Gasteiger partial charge in [0.1, 0.15) is 0 Å². The normalized spacial score (nSPS) is 17.2. The molecule has 0 spiro atoms. The number of carbonyl (C=O) groups excluding carboxylic acids is 2. The van der Waals surface area contributed by atoms with E-state index in [1.54, 1.807) is 6.07 Å². The highest BCUT2D eigenvalue weighted by molar-refractivity contribution is 5.90. The number of carbonyl (C=O) groups is 2. The summed E-state index contributed by atoms with van der Waals surface area (Å²) >= 11 is 0. The molecule has 1 fully saturated rings. The number of ether oxygens (including phenoxy) is 1. The van der Waals surface area contributed by atoms with E-state index in [9.17, 15) is 9.59 Å². The molecule has 5 heteroatoms. The van der Waals surface area contributed by atoms with Gasteiger partial charge < -0.3 is 14.5 Å². The Kier molecular flexibility index (Phi) is 6.04. The Balaban J connectivity index is 1.95. The molecule has 1 amide bonds. The molecule has 2 rings (SSSR count). The molecule has 1 aromatic heterocycles. The van der Waals surface area contributed by atoms with Crippen LogP contribution >= 0.6 is 0 Å². The molecule has 1 atom stereocenters. The van der Waals surface area contributed by atoms with E-state index >= 15 is 0 Å². The molecule has 0 bridgehead atoms. The van der Waals surface area contributed by atoms with Crippen LogP contribution in [-0.4, -0.2) is 24.0 Å². The van der Waals surface area contributed by atoms with Gasteiger partial charge in [-0.25, -0.2) is 4.79 Å². The first-order valence-corrected chi connectivity index (χ1v) is 8.11. The molecule has 0 aromatic carbocycles. The molecule has 1 aliphatic rings. The summed E-state index contributed by atoms with van der Waals surface area (Å²) < 4.78 is 10.4. The summed E-state index contributed by atoms with van der Waals surface area (Å²) in [6.45, 7) is 4.00. The molecule has 1 saturated carbocycles. The van der Waals surface area contributed by atoms with E-state index in [-0.39, 0.29) is 23.6 Å². The van der Waals surface area contributed by atoms with Gasteiger partial charge in [0.15, 0.2) is 6.10 Å². The largest absolute Gasteiger partial charge is 0.457 e. The Morgan fingerprint density at radius 3 is 2.64 bits per heavy atom. The first-order valence-electron chi connectivity index (χ1n) is 8.11. The maximum Gasteiger partial charge on any atom is 0.374 e. The number of nitrogens with one attached hydrogen (secondary N) is 1. The zero-order chi connectivity index (χ0) is 15.9. The Morgan fingerprint density at radius 1 is 1.32 bits per heavy atom. The first-order chi connectivity index (χ1) is 10.6. The minimum absolute atomic E-state index is 0.124. The van der Waals surface area contributed by atoms with Crippen LogP contribution in [0.25, 0.3) is 0 Å². The van der Waals surface area contributed by atoms with Crippen molar-refractivity contribution in [1.82, 2.24) is 5.32 Å². The number of hydrogen-bond donors (Lipinski definition) is 1. The highest BCUT2D eigenvalue weighted by atomic mass is 16.6. The van der Waals surface area contributed by atoms with Crippen molar-refractivity contribution in [1.29, 1.82) is 0 Å². The van der Waals surface area contributed by atoms with Crippen LogP contribution in [0.2, 0.25) is 0 Å². The van der Waals surface area contributed by atoms with Crippen LogP contribution in [0.1, 0.15) is 62.9 Å². The topological polar surface area (TPSA) is 68.5 Å². The maximum absolute atomic E-state index is 12.4.